The molecule has 1 aliphatic rings. The minimum absolute atomic E-state index is 0.116. The molecule has 1 heterocycles. The predicted molar refractivity (Wildman–Crippen MR) is 94.6 cm³/mol. The van der Waals surface area contributed by atoms with Gasteiger partial charge in [-0.25, -0.2) is 4.39 Å². The molecule has 1 N–H and O–H groups in total. The highest BCUT2D eigenvalue weighted by molar-refractivity contribution is 5.98. The number of rotatable bonds is 5. The third-order valence-corrected chi connectivity index (χ3v) is 4.50. The number of hydrogen-bond acceptors (Lipinski definition) is 3. The molecule has 0 spiro atoms. The lowest BCUT2D eigenvalue weighted by atomic mass is 10.1. The van der Waals surface area contributed by atoms with E-state index >= 15 is 0 Å². The molecule has 0 aliphatic carbocycles. The summed E-state index contributed by atoms with van der Waals surface area (Å²) in [5.74, 6) is -1.17. The predicted octanol–water partition coefficient (Wildman–Crippen LogP) is 2.73. The zero-order chi connectivity index (χ0) is 18.5. The summed E-state index contributed by atoms with van der Waals surface area (Å²) in [6.07, 6.45) is 0.530. The molecule has 0 aromatic heterocycles. The van der Waals surface area contributed by atoms with Crippen LogP contribution in [0, 0.1) is 23.1 Å². The van der Waals surface area contributed by atoms with E-state index < -0.39 is 5.92 Å². The number of benzene rings is 2. The van der Waals surface area contributed by atoms with Crippen molar-refractivity contribution >= 4 is 17.5 Å². The highest BCUT2D eigenvalue weighted by Crippen LogP contribution is 2.22. The largest absolute Gasteiger partial charge is 0.342 e. The Morgan fingerprint density at radius 2 is 1.96 bits per heavy atom. The van der Waals surface area contributed by atoms with E-state index in [1.54, 1.807) is 47.4 Å². The van der Waals surface area contributed by atoms with Crippen molar-refractivity contribution in [1.29, 1.82) is 5.26 Å². The van der Waals surface area contributed by atoms with Gasteiger partial charge in [-0.1, -0.05) is 30.3 Å². The highest BCUT2D eigenvalue weighted by Gasteiger charge is 2.34. The summed E-state index contributed by atoms with van der Waals surface area (Å²) in [6, 6.07) is 15.2. The first-order valence-electron chi connectivity index (χ1n) is 8.39. The fourth-order valence-corrected chi connectivity index (χ4v) is 3.04. The molecule has 0 radical (unpaired) electrons. The Morgan fingerprint density at radius 3 is 2.73 bits per heavy atom. The third-order valence-electron chi connectivity index (χ3n) is 4.50. The lowest BCUT2D eigenvalue weighted by Gasteiger charge is -2.17. The standard InChI is InChI=1S/C20H18FN3O2/c21-17-7-3-1-5-14(17)9-10-24-13-16(11-19(24)25)20(26)23-18-8-4-2-6-15(18)12-22/h1-8,16H,9-11,13H2,(H,23,26). The summed E-state index contributed by atoms with van der Waals surface area (Å²) in [6.45, 7) is 0.673. The second-order valence-corrected chi connectivity index (χ2v) is 6.23. The first-order valence-corrected chi connectivity index (χ1v) is 8.39. The average molecular weight is 351 g/mol. The van der Waals surface area contributed by atoms with E-state index in [1.165, 1.54) is 6.07 Å². The van der Waals surface area contributed by atoms with Crippen LogP contribution < -0.4 is 5.32 Å². The molecule has 1 saturated heterocycles. The molecule has 0 bridgehead atoms. The maximum absolute atomic E-state index is 13.7. The minimum Gasteiger partial charge on any atom is -0.342 e. The van der Waals surface area contributed by atoms with Gasteiger partial charge in [0.1, 0.15) is 11.9 Å². The van der Waals surface area contributed by atoms with Crippen molar-refractivity contribution in [1.82, 2.24) is 4.90 Å². The van der Waals surface area contributed by atoms with E-state index in [0.717, 1.165) is 0 Å². The molecular formula is C20H18FN3O2. The van der Waals surface area contributed by atoms with E-state index in [2.05, 4.69) is 5.32 Å². The number of nitrogens with one attached hydrogen (secondary N) is 1. The van der Waals surface area contributed by atoms with Gasteiger partial charge in [0, 0.05) is 19.5 Å². The van der Waals surface area contributed by atoms with Crippen LogP contribution in [0.25, 0.3) is 0 Å². The first kappa shape index (κ1) is 17.6. The molecule has 26 heavy (non-hydrogen) atoms. The van der Waals surface area contributed by atoms with E-state index in [1.807, 2.05) is 6.07 Å². The number of anilines is 1. The second-order valence-electron chi connectivity index (χ2n) is 6.23. The molecular weight excluding hydrogens is 333 g/mol. The van der Waals surface area contributed by atoms with Crippen LogP contribution in [-0.2, 0) is 16.0 Å². The summed E-state index contributed by atoms with van der Waals surface area (Å²) >= 11 is 0. The van der Waals surface area contributed by atoms with Crippen LogP contribution >= 0.6 is 0 Å². The summed E-state index contributed by atoms with van der Waals surface area (Å²) in [5, 5.41) is 11.8. The van der Waals surface area contributed by atoms with Crippen LogP contribution in [0.15, 0.2) is 48.5 Å². The number of para-hydroxylation sites is 1. The summed E-state index contributed by atoms with van der Waals surface area (Å²) in [4.78, 5) is 26.2. The first-order chi connectivity index (χ1) is 12.6. The highest BCUT2D eigenvalue weighted by atomic mass is 19.1. The normalized spacial score (nSPS) is 16.4. The summed E-state index contributed by atoms with van der Waals surface area (Å²) < 4.78 is 13.7. The molecule has 2 amide bonds. The topological polar surface area (TPSA) is 73.2 Å². The van der Waals surface area contributed by atoms with Crippen LogP contribution in [0.5, 0.6) is 0 Å². The maximum atomic E-state index is 13.7. The number of carbonyl (C=O) groups excluding carboxylic acids is 2. The SMILES string of the molecule is N#Cc1ccccc1NC(=O)C1CC(=O)N(CCc2ccccc2F)C1. The maximum Gasteiger partial charge on any atom is 0.229 e. The quantitative estimate of drug-likeness (QED) is 0.900. The number of halogens is 1. The van der Waals surface area contributed by atoms with Gasteiger partial charge in [-0.2, -0.15) is 5.26 Å². The number of hydrogen-bond donors (Lipinski definition) is 1. The Kier molecular flexibility index (Phi) is 5.28. The van der Waals surface area contributed by atoms with Crippen molar-refractivity contribution in [2.24, 2.45) is 5.92 Å². The molecule has 1 aliphatic heterocycles. The molecule has 6 heteroatoms. The van der Waals surface area contributed by atoms with Crippen LogP contribution in [0.2, 0.25) is 0 Å². The van der Waals surface area contributed by atoms with Gasteiger partial charge in [0.25, 0.3) is 0 Å². The summed E-state index contributed by atoms with van der Waals surface area (Å²) in [5.41, 5.74) is 1.37. The van der Waals surface area contributed by atoms with Gasteiger partial charge in [0.15, 0.2) is 0 Å². The summed E-state index contributed by atoms with van der Waals surface area (Å²) in [7, 11) is 0. The number of nitrogens with zero attached hydrogens (tertiary/aromatic N) is 2. The third kappa shape index (κ3) is 3.89. The van der Waals surface area contributed by atoms with Crippen LogP contribution in [0.4, 0.5) is 10.1 Å². The van der Waals surface area contributed by atoms with Crippen molar-refractivity contribution in [3.8, 4) is 6.07 Å². The Morgan fingerprint density at radius 1 is 1.23 bits per heavy atom. The molecule has 1 unspecified atom stereocenters. The average Bonchev–Trinajstić information content (AvgIpc) is 3.02. The molecule has 132 valence electrons. The van der Waals surface area contributed by atoms with Gasteiger partial charge < -0.3 is 10.2 Å². The van der Waals surface area contributed by atoms with Crippen LogP contribution in [0.3, 0.4) is 0 Å². The van der Waals surface area contributed by atoms with E-state index in [4.69, 9.17) is 5.26 Å². The van der Waals surface area contributed by atoms with Crippen molar-refractivity contribution in [2.75, 3.05) is 18.4 Å². The molecule has 1 atom stereocenters. The van der Waals surface area contributed by atoms with Crippen molar-refractivity contribution in [3.05, 3.63) is 65.5 Å². The van der Waals surface area contributed by atoms with E-state index in [9.17, 15) is 14.0 Å². The Bertz CT molecular complexity index is 875. The molecule has 0 saturated carbocycles. The van der Waals surface area contributed by atoms with Crippen LogP contribution in [0.1, 0.15) is 17.5 Å². The monoisotopic (exact) mass is 351 g/mol. The fourth-order valence-electron chi connectivity index (χ4n) is 3.04. The van der Waals surface area contributed by atoms with Crippen molar-refractivity contribution in [3.63, 3.8) is 0 Å². The Balaban J connectivity index is 1.59. The van der Waals surface area contributed by atoms with Gasteiger partial charge in [-0.05, 0) is 30.2 Å². The molecule has 2 aromatic carbocycles. The zero-order valence-corrected chi connectivity index (χ0v) is 14.1. The molecule has 5 nitrogen and oxygen atoms in total. The molecule has 3 rings (SSSR count). The Hall–Kier alpha value is -3.20. The lowest BCUT2D eigenvalue weighted by molar-refractivity contribution is -0.128. The second kappa shape index (κ2) is 7.79. The van der Waals surface area contributed by atoms with Crippen LogP contribution in [-0.4, -0.2) is 29.8 Å². The zero-order valence-electron chi connectivity index (χ0n) is 14.1. The molecule has 1 fully saturated rings. The van der Waals surface area contributed by atoms with Gasteiger partial charge >= 0.3 is 0 Å². The van der Waals surface area contributed by atoms with Gasteiger partial charge in [-0.3, -0.25) is 9.59 Å². The number of nitriles is 1. The van der Waals surface area contributed by atoms with Gasteiger partial charge in [-0.15, -0.1) is 0 Å². The number of likely N-dealkylation sites (tertiary alicyclic amines) is 1. The van der Waals surface area contributed by atoms with Gasteiger partial charge in [0.2, 0.25) is 11.8 Å². The van der Waals surface area contributed by atoms with E-state index in [-0.39, 0.29) is 24.1 Å². The smallest absolute Gasteiger partial charge is 0.229 e. The molecule has 2 aromatic rings. The van der Waals surface area contributed by atoms with Gasteiger partial charge in [0.05, 0.1) is 17.2 Å². The lowest BCUT2D eigenvalue weighted by Crippen LogP contribution is -2.30. The van der Waals surface area contributed by atoms with Crippen molar-refractivity contribution in [2.45, 2.75) is 12.8 Å². The number of amides is 2. The van der Waals surface area contributed by atoms with E-state index in [0.29, 0.717) is 36.3 Å². The van der Waals surface area contributed by atoms with Crippen molar-refractivity contribution < 1.29 is 14.0 Å². The number of carbonyl (C=O) groups is 2. The Labute approximate surface area is 151 Å². The minimum atomic E-state index is -0.477. The fraction of sp³-hybridized carbons (Fsp3) is 0.250.